The van der Waals surface area contributed by atoms with Crippen molar-refractivity contribution in [1.29, 1.82) is 0 Å². The molecule has 0 saturated carbocycles. The van der Waals surface area contributed by atoms with Crippen LogP contribution in [-0.4, -0.2) is 9.38 Å². The van der Waals surface area contributed by atoms with Crippen LogP contribution in [0.4, 0.5) is 0 Å². The van der Waals surface area contributed by atoms with Crippen molar-refractivity contribution < 1.29 is 9.09 Å². The van der Waals surface area contributed by atoms with Gasteiger partial charge >= 0.3 is 8.69 Å². The van der Waals surface area contributed by atoms with Gasteiger partial charge in [0.2, 0.25) is 0 Å². The molecule has 2 heterocycles. The van der Waals surface area contributed by atoms with E-state index < -0.39 is 0 Å². The number of rotatable bonds is 3. The summed E-state index contributed by atoms with van der Waals surface area (Å²) in [5.41, 5.74) is 2.75. The lowest BCUT2D eigenvalue weighted by Crippen LogP contribution is -1.91. The first-order valence-electron chi connectivity index (χ1n) is 4.19. The van der Waals surface area contributed by atoms with Crippen LogP contribution in [0.5, 0.6) is 0 Å². The fourth-order valence-corrected chi connectivity index (χ4v) is 1.59. The van der Waals surface area contributed by atoms with Gasteiger partial charge in [0.25, 0.3) is 0 Å². The SMILES string of the molecule is Cc1cn2cccc(COP=O)c2n1. The second-order valence-corrected chi connectivity index (χ2v) is 3.40. The molecule has 0 radical (unpaired) electrons. The second-order valence-electron chi connectivity index (χ2n) is 2.99. The summed E-state index contributed by atoms with van der Waals surface area (Å²) in [6.07, 6.45) is 3.86. The molecule has 0 amide bonds. The fourth-order valence-electron chi connectivity index (χ4n) is 1.40. The summed E-state index contributed by atoms with van der Waals surface area (Å²) in [6, 6.07) is 3.82. The maximum atomic E-state index is 10.2. The van der Waals surface area contributed by atoms with Gasteiger partial charge in [0.15, 0.2) is 0 Å². The van der Waals surface area contributed by atoms with Crippen LogP contribution >= 0.6 is 8.69 Å². The summed E-state index contributed by atoms with van der Waals surface area (Å²) in [5, 5.41) is 0. The molecule has 4 nitrogen and oxygen atoms in total. The van der Waals surface area contributed by atoms with E-state index in [2.05, 4.69) is 4.98 Å². The monoisotopic (exact) mass is 208 g/mol. The average molecular weight is 208 g/mol. The zero-order chi connectivity index (χ0) is 9.97. The highest BCUT2D eigenvalue weighted by Crippen LogP contribution is 2.13. The lowest BCUT2D eigenvalue weighted by Gasteiger charge is -1.99. The van der Waals surface area contributed by atoms with Gasteiger partial charge in [-0.2, -0.15) is 0 Å². The molecule has 0 aliphatic heterocycles. The van der Waals surface area contributed by atoms with E-state index in [-0.39, 0.29) is 8.69 Å². The van der Waals surface area contributed by atoms with Crippen molar-refractivity contribution >= 4 is 14.3 Å². The van der Waals surface area contributed by atoms with Gasteiger partial charge in [0.05, 0.1) is 12.3 Å². The molecule has 0 saturated heterocycles. The fraction of sp³-hybridized carbons (Fsp3) is 0.222. The Bertz CT molecular complexity index is 467. The number of imidazole rings is 1. The molecule has 0 aromatic carbocycles. The predicted octanol–water partition coefficient (Wildman–Crippen LogP) is 2.37. The Kier molecular flexibility index (Phi) is 2.57. The maximum absolute atomic E-state index is 10.2. The van der Waals surface area contributed by atoms with Gasteiger partial charge in [-0.25, -0.2) is 9.55 Å². The summed E-state index contributed by atoms with van der Waals surface area (Å²) in [6.45, 7) is 2.25. The van der Waals surface area contributed by atoms with Crippen LogP contribution in [0.25, 0.3) is 5.65 Å². The Morgan fingerprint density at radius 2 is 2.50 bits per heavy atom. The second kappa shape index (κ2) is 3.86. The molecule has 0 unspecified atom stereocenters. The smallest absolute Gasteiger partial charge is 0.307 e. The highest BCUT2D eigenvalue weighted by atomic mass is 31.1. The zero-order valence-corrected chi connectivity index (χ0v) is 8.57. The third-order valence-corrected chi connectivity index (χ3v) is 2.19. The molecule has 2 aromatic heterocycles. The highest BCUT2D eigenvalue weighted by Gasteiger charge is 2.03. The number of aryl methyl sites for hydroxylation is 1. The Hall–Kier alpha value is -1.25. The van der Waals surface area contributed by atoms with Crippen molar-refractivity contribution in [3.63, 3.8) is 0 Å². The van der Waals surface area contributed by atoms with Crippen molar-refractivity contribution in [2.75, 3.05) is 0 Å². The summed E-state index contributed by atoms with van der Waals surface area (Å²) in [5.74, 6) is 0. The van der Waals surface area contributed by atoms with Gasteiger partial charge in [-0.1, -0.05) is 6.07 Å². The first kappa shape index (κ1) is 9.31. The predicted molar refractivity (Wildman–Crippen MR) is 52.3 cm³/mol. The van der Waals surface area contributed by atoms with E-state index in [0.29, 0.717) is 6.61 Å². The molecule has 0 aliphatic carbocycles. The number of nitrogens with zero attached hydrogens (tertiary/aromatic N) is 2. The Morgan fingerprint density at radius 3 is 3.29 bits per heavy atom. The number of aromatic nitrogens is 2. The maximum Gasteiger partial charge on any atom is 0.327 e. The molecule has 0 N–H and O–H groups in total. The molecule has 2 rings (SSSR count). The van der Waals surface area contributed by atoms with E-state index in [1.54, 1.807) is 0 Å². The minimum atomic E-state index is -0.301. The van der Waals surface area contributed by atoms with E-state index in [0.717, 1.165) is 16.9 Å². The summed E-state index contributed by atoms with van der Waals surface area (Å²) >= 11 is 0. The van der Waals surface area contributed by atoms with Crippen LogP contribution in [0.2, 0.25) is 0 Å². The van der Waals surface area contributed by atoms with E-state index in [1.165, 1.54) is 0 Å². The van der Waals surface area contributed by atoms with E-state index in [1.807, 2.05) is 35.9 Å². The number of hydrogen-bond acceptors (Lipinski definition) is 3. The quantitative estimate of drug-likeness (QED) is 0.727. The molecule has 0 aliphatic rings. The molecule has 14 heavy (non-hydrogen) atoms. The Morgan fingerprint density at radius 1 is 1.64 bits per heavy atom. The number of fused-ring (bicyclic) bond motifs is 1. The minimum Gasteiger partial charge on any atom is -0.307 e. The third-order valence-electron chi connectivity index (χ3n) is 1.96. The van der Waals surface area contributed by atoms with Crippen LogP contribution in [0.3, 0.4) is 0 Å². The minimum absolute atomic E-state index is 0.301. The molecule has 2 aromatic rings. The van der Waals surface area contributed by atoms with Gasteiger partial charge in [-0.15, -0.1) is 0 Å². The van der Waals surface area contributed by atoms with Crippen LogP contribution < -0.4 is 0 Å². The number of pyridine rings is 1. The Labute approximate surface area is 82.8 Å². The van der Waals surface area contributed by atoms with Gasteiger partial charge in [0, 0.05) is 18.0 Å². The third kappa shape index (κ3) is 1.67. The molecular formula is C9H9N2O2P. The lowest BCUT2D eigenvalue weighted by molar-refractivity contribution is 0.333. The van der Waals surface area contributed by atoms with Crippen LogP contribution in [-0.2, 0) is 15.7 Å². The molecule has 5 heteroatoms. The first-order valence-corrected chi connectivity index (χ1v) is 4.92. The van der Waals surface area contributed by atoms with Crippen molar-refractivity contribution in [2.24, 2.45) is 0 Å². The summed E-state index contributed by atoms with van der Waals surface area (Å²) < 4.78 is 16.9. The summed E-state index contributed by atoms with van der Waals surface area (Å²) in [4.78, 5) is 4.34. The van der Waals surface area contributed by atoms with Crippen LogP contribution in [0.15, 0.2) is 24.5 Å². The topological polar surface area (TPSA) is 43.6 Å². The normalized spacial score (nSPS) is 11.2. The van der Waals surface area contributed by atoms with E-state index in [9.17, 15) is 4.57 Å². The molecule has 72 valence electrons. The zero-order valence-electron chi connectivity index (χ0n) is 7.67. The van der Waals surface area contributed by atoms with E-state index in [4.69, 9.17) is 4.52 Å². The Balaban J connectivity index is 2.47. The van der Waals surface area contributed by atoms with Gasteiger partial charge in [-0.3, -0.25) is 4.52 Å². The highest BCUT2D eigenvalue weighted by molar-refractivity contribution is 7.17. The summed E-state index contributed by atoms with van der Waals surface area (Å²) in [7, 11) is -0.301. The molecule has 0 atom stereocenters. The molecule has 0 fully saturated rings. The van der Waals surface area contributed by atoms with Crippen LogP contribution in [0, 0.1) is 6.92 Å². The molecule has 0 bridgehead atoms. The van der Waals surface area contributed by atoms with Gasteiger partial charge < -0.3 is 4.40 Å². The average Bonchev–Trinajstić information content (AvgIpc) is 2.55. The molecule has 0 spiro atoms. The van der Waals surface area contributed by atoms with E-state index >= 15 is 0 Å². The molecular weight excluding hydrogens is 199 g/mol. The van der Waals surface area contributed by atoms with Gasteiger partial charge in [0.1, 0.15) is 5.65 Å². The van der Waals surface area contributed by atoms with Crippen LogP contribution in [0.1, 0.15) is 11.3 Å². The largest absolute Gasteiger partial charge is 0.327 e. The lowest BCUT2D eigenvalue weighted by atomic mass is 10.3. The first-order chi connectivity index (χ1) is 6.81. The standard InChI is InChI=1S/C9H9N2O2P/c1-7-5-11-4-2-3-8(6-13-14-12)9(11)10-7/h2-5H,6H2,1H3. The van der Waals surface area contributed by atoms with Crippen molar-refractivity contribution in [2.45, 2.75) is 13.5 Å². The van der Waals surface area contributed by atoms with Crippen molar-refractivity contribution in [3.05, 3.63) is 35.8 Å². The number of hydrogen-bond donors (Lipinski definition) is 0. The van der Waals surface area contributed by atoms with Crippen molar-refractivity contribution in [1.82, 2.24) is 9.38 Å². The van der Waals surface area contributed by atoms with Crippen molar-refractivity contribution in [3.8, 4) is 0 Å². The van der Waals surface area contributed by atoms with Gasteiger partial charge in [-0.05, 0) is 13.0 Å².